The minimum Gasteiger partial charge on any atom is -0.329 e. The van der Waals surface area contributed by atoms with Gasteiger partial charge in [-0.15, -0.1) is 0 Å². The van der Waals surface area contributed by atoms with Gasteiger partial charge in [0.05, 0.1) is 24.0 Å². The lowest BCUT2D eigenvalue weighted by Gasteiger charge is -2.32. The number of nitrogens with zero attached hydrogens (tertiary/aromatic N) is 4. The zero-order chi connectivity index (χ0) is 17.8. The molecule has 4 rings (SSSR count). The Labute approximate surface area is 152 Å². The second-order valence-corrected chi connectivity index (χ2v) is 6.91. The number of hydrogen-bond acceptors (Lipinski definition) is 4. The van der Waals surface area contributed by atoms with E-state index < -0.39 is 0 Å². The number of benzene rings is 1. The highest BCUT2D eigenvalue weighted by Crippen LogP contribution is 2.25. The van der Waals surface area contributed by atoms with Crippen LogP contribution in [-0.4, -0.2) is 37.5 Å². The summed E-state index contributed by atoms with van der Waals surface area (Å²) >= 11 is 0. The first kappa shape index (κ1) is 16.7. The number of rotatable bonds is 5. The number of hydrogen-bond donors (Lipinski definition) is 1. The zero-order valence-corrected chi connectivity index (χ0v) is 14.7. The molecule has 2 aromatic heterocycles. The lowest BCUT2D eigenvalue weighted by molar-refractivity contribution is 0.194. The molecule has 1 N–H and O–H groups in total. The smallest absolute Gasteiger partial charge is 0.250 e. The van der Waals surface area contributed by atoms with E-state index in [4.69, 9.17) is 0 Å². The maximum atomic E-state index is 11.6. The van der Waals surface area contributed by atoms with E-state index in [0.29, 0.717) is 5.92 Å². The predicted octanol–water partition coefficient (Wildman–Crippen LogP) is 2.39. The van der Waals surface area contributed by atoms with Gasteiger partial charge in [-0.05, 0) is 24.9 Å². The summed E-state index contributed by atoms with van der Waals surface area (Å²) in [5.41, 5.74) is 3.31. The standard InChI is InChI=1S/C20H23N5O/c26-20-9-19(22-14-23-20)17-7-4-8-24(12-17)13-18-10-21-15-25(18)11-16-5-2-1-3-6-16/h1-3,5-6,9-10,14-15,17H,4,7-8,11-13H2,(H,22,23,26)/t17-/m0/s1. The van der Waals surface area contributed by atoms with Crippen molar-refractivity contribution in [2.45, 2.75) is 31.8 Å². The summed E-state index contributed by atoms with van der Waals surface area (Å²) in [7, 11) is 0. The molecule has 0 saturated carbocycles. The minimum absolute atomic E-state index is 0.0759. The van der Waals surface area contributed by atoms with Crippen molar-refractivity contribution >= 4 is 0 Å². The number of aromatic nitrogens is 4. The lowest BCUT2D eigenvalue weighted by Crippen LogP contribution is -2.35. The van der Waals surface area contributed by atoms with E-state index in [1.807, 2.05) is 18.6 Å². The van der Waals surface area contributed by atoms with Crippen molar-refractivity contribution in [1.29, 1.82) is 0 Å². The molecule has 0 bridgehead atoms. The van der Waals surface area contributed by atoms with Gasteiger partial charge in [0.1, 0.15) is 0 Å². The summed E-state index contributed by atoms with van der Waals surface area (Å²) in [4.78, 5) is 25.3. The number of piperidine rings is 1. The fourth-order valence-corrected chi connectivity index (χ4v) is 3.68. The van der Waals surface area contributed by atoms with Gasteiger partial charge in [0.2, 0.25) is 0 Å². The van der Waals surface area contributed by atoms with Crippen LogP contribution in [0.4, 0.5) is 0 Å². The summed E-state index contributed by atoms with van der Waals surface area (Å²) in [6.45, 7) is 3.69. The van der Waals surface area contributed by atoms with Crippen LogP contribution in [0.25, 0.3) is 0 Å². The molecule has 1 atom stereocenters. The normalized spacial score (nSPS) is 18.1. The zero-order valence-electron chi connectivity index (χ0n) is 14.7. The van der Waals surface area contributed by atoms with Crippen LogP contribution in [0, 0.1) is 0 Å². The maximum absolute atomic E-state index is 11.6. The topological polar surface area (TPSA) is 66.8 Å². The molecule has 1 saturated heterocycles. The molecule has 0 aliphatic carbocycles. The number of likely N-dealkylation sites (tertiary alicyclic amines) is 1. The van der Waals surface area contributed by atoms with Crippen molar-refractivity contribution in [2.24, 2.45) is 0 Å². The summed E-state index contributed by atoms with van der Waals surface area (Å²) in [6.07, 6.45) is 7.56. The molecule has 6 heteroatoms. The minimum atomic E-state index is -0.0759. The number of aromatic amines is 1. The first-order valence-corrected chi connectivity index (χ1v) is 9.08. The van der Waals surface area contributed by atoms with Crippen LogP contribution in [0.2, 0.25) is 0 Å². The maximum Gasteiger partial charge on any atom is 0.250 e. The van der Waals surface area contributed by atoms with Crippen molar-refractivity contribution < 1.29 is 0 Å². The van der Waals surface area contributed by atoms with Gasteiger partial charge in [0, 0.05) is 37.8 Å². The molecule has 134 valence electrons. The monoisotopic (exact) mass is 349 g/mol. The van der Waals surface area contributed by atoms with Crippen molar-refractivity contribution in [2.75, 3.05) is 13.1 Å². The summed E-state index contributed by atoms with van der Waals surface area (Å²) in [5, 5.41) is 0. The van der Waals surface area contributed by atoms with Crippen molar-refractivity contribution in [3.8, 4) is 0 Å². The Balaban J connectivity index is 1.44. The van der Waals surface area contributed by atoms with Gasteiger partial charge in [-0.3, -0.25) is 9.69 Å². The number of imidazole rings is 1. The van der Waals surface area contributed by atoms with Crippen molar-refractivity contribution in [3.63, 3.8) is 0 Å². The summed E-state index contributed by atoms with van der Waals surface area (Å²) in [6, 6.07) is 12.1. The Morgan fingerprint density at radius 1 is 1.19 bits per heavy atom. The SMILES string of the molecule is O=c1cc([C@H]2CCCN(Cc3cncn3Cc3ccccc3)C2)nc[nH]1. The molecule has 26 heavy (non-hydrogen) atoms. The van der Waals surface area contributed by atoms with E-state index in [1.54, 1.807) is 6.07 Å². The van der Waals surface area contributed by atoms with E-state index in [1.165, 1.54) is 17.6 Å². The van der Waals surface area contributed by atoms with E-state index in [-0.39, 0.29) is 5.56 Å². The van der Waals surface area contributed by atoms with E-state index in [0.717, 1.165) is 44.7 Å². The van der Waals surface area contributed by atoms with E-state index >= 15 is 0 Å². The Morgan fingerprint density at radius 3 is 2.92 bits per heavy atom. The number of H-pyrrole nitrogens is 1. The Morgan fingerprint density at radius 2 is 2.08 bits per heavy atom. The van der Waals surface area contributed by atoms with Crippen LogP contribution in [0.1, 0.15) is 35.7 Å². The average Bonchev–Trinajstić information content (AvgIpc) is 3.09. The van der Waals surface area contributed by atoms with Gasteiger partial charge in [-0.1, -0.05) is 30.3 Å². The molecule has 3 aromatic rings. The molecule has 0 radical (unpaired) electrons. The van der Waals surface area contributed by atoms with Crippen molar-refractivity contribution in [3.05, 3.63) is 82.6 Å². The highest BCUT2D eigenvalue weighted by molar-refractivity contribution is 5.16. The van der Waals surface area contributed by atoms with E-state index in [2.05, 4.69) is 48.7 Å². The van der Waals surface area contributed by atoms with Crippen LogP contribution in [0.15, 0.2) is 60.0 Å². The molecule has 3 heterocycles. The third-order valence-corrected chi connectivity index (χ3v) is 5.00. The fourth-order valence-electron chi connectivity index (χ4n) is 3.68. The van der Waals surface area contributed by atoms with E-state index in [9.17, 15) is 4.79 Å². The molecule has 0 spiro atoms. The highest BCUT2D eigenvalue weighted by atomic mass is 16.1. The second kappa shape index (κ2) is 7.66. The first-order chi connectivity index (χ1) is 12.8. The van der Waals surface area contributed by atoms with Gasteiger partial charge >= 0.3 is 0 Å². The third kappa shape index (κ3) is 3.91. The van der Waals surface area contributed by atoms with Gasteiger partial charge in [0.15, 0.2) is 0 Å². The van der Waals surface area contributed by atoms with Crippen LogP contribution in [-0.2, 0) is 13.1 Å². The van der Waals surface area contributed by atoms with Crippen LogP contribution >= 0.6 is 0 Å². The largest absolute Gasteiger partial charge is 0.329 e. The molecule has 0 amide bonds. The molecule has 1 aliphatic rings. The van der Waals surface area contributed by atoms with Gasteiger partial charge in [-0.25, -0.2) is 9.97 Å². The summed E-state index contributed by atoms with van der Waals surface area (Å²) < 4.78 is 2.21. The molecule has 1 fully saturated rings. The Hall–Kier alpha value is -2.73. The fraction of sp³-hybridized carbons (Fsp3) is 0.350. The van der Waals surface area contributed by atoms with Crippen LogP contribution < -0.4 is 5.56 Å². The molecule has 0 unspecified atom stereocenters. The lowest BCUT2D eigenvalue weighted by atomic mass is 9.94. The van der Waals surface area contributed by atoms with Crippen molar-refractivity contribution in [1.82, 2.24) is 24.4 Å². The first-order valence-electron chi connectivity index (χ1n) is 9.08. The average molecular weight is 349 g/mol. The van der Waals surface area contributed by atoms with Gasteiger partial charge < -0.3 is 9.55 Å². The predicted molar refractivity (Wildman–Crippen MR) is 99.9 cm³/mol. The molecule has 1 aliphatic heterocycles. The Bertz CT molecular complexity index is 902. The van der Waals surface area contributed by atoms with Gasteiger partial charge in [-0.2, -0.15) is 0 Å². The third-order valence-electron chi connectivity index (χ3n) is 5.00. The quantitative estimate of drug-likeness (QED) is 0.768. The highest BCUT2D eigenvalue weighted by Gasteiger charge is 2.23. The molecular formula is C20H23N5O. The van der Waals surface area contributed by atoms with Crippen LogP contribution in [0.3, 0.4) is 0 Å². The molecule has 1 aromatic carbocycles. The Kier molecular flexibility index (Phi) is 4.93. The van der Waals surface area contributed by atoms with Gasteiger partial charge in [0.25, 0.3) is 5.56 Å². The summed E-state index contributed by atoms with van der Waals surface area (Å²) in [5.74, 6) is 0.316. The molecule has 6 nitrogen and oxygen atoms in total. The van der Waals surface area contributed by atoms with Crippen LogP contribution in [0.5, 0.6) is 0 Å². The number of nitrogens with one attached hydrogen (secondary N) is 1. The molecular weight excluding hydrogens is 326 g/mol. The second-order valence-electron chi connectivity index (χ2n) is 6.91.